The Hall–Kier alpha value is -3.31. The Kier molecular flexibility index (Phi) is 6.57. The fourth-order valence-corrected chi connectivity index (χ4v) is 3.38. The van der Waals surface area contributed by atoms with Gasteiger partial charge in [0.05, 0.1) is 26.9 Å². The second-order valence-corrected chi connectivity index (χ2v) is 6.32. The average Bonchev–Trinajstić information content (AvgIpc) is 3.00. The molecule has 8 heteroatoms. The first-order valence-corrected chi connectivity index (χ1v) is 8.59. The van der Waals surface area contributed by atoms with Crippen molar-refractivity contribution in [2.75, 3.05) is 26.6 Å². The van der Waals surface area contributed by atoms with Gasteiger partial charge in [0.2, 0.25) is 5.91 Å². The molecule has 0 spiro atoms. The number of esters is 1. The van der Waals surface area contributed by atoms with Crippen LogP contribution in [0.3, 0.4) is 0 Å². The van der Waals surface area contributed by atoms with Gasteiger partial charge >= 0.3 is 5.97 Å². The summed E-state index contributed by atoms with van der Waals surface area (Å²) >= 11 is 1.00. The number of thiophene rings is 1. The van der Waals surface area contributed by atoms with Crippen LogP contribution >= 0.6 is 11.3 Å². The lowest BCUT2D eigenvalue weighted by Gasteiger charge is -2.07. The van der Waals surface area contributed by atoms with Crippen molar-refractivity contribution in [1.82, 2.24) is 0 Å². The first-order valence-electron chi connectivity index (χ1n) is 7.78. The van der Waals surface area contributed by atoms with E-state index < -0.39 is 11.9 Å². The zero-order chi connectivity index (χ0) is 20.0. The van der Waals surface area contributed by atoms with Crippen LogP contribution in [-0.4, -0.2) is 33.2 Å². The van der Waals surface area contributed by atoms with Crippen LogP contribution in [0.25, 0.3) is 6.08 Å². The summed E-state index contributed by atoms with van der Waals surface area (Å²) in [6, 6.07) is 7.24. The molecule has 0 saturated carbocycles. The van der Waals surface area contributed by atoms with Gasteiger partial charge in [-0.25, -0.2) is 4.79 Å². The Balaban J connectivity index is 2.20. The van der Waals surface area contributed by atoms with Gasteiger partial charge in [0, 0.05) is 6.08 Å². The van der Waals surface area contributed by atoms with E-state index in [-0.39, 0.29) is 10.4 Å². The van der Waals surface area contributed by atoms with Crippen molar-refractivity contribution in [2.45, 2.75) is 6.92 Å². The lowest BCUT2D eigenvalue weighted by molar-refractivity contribution is -0.111. The highest BCUT2D eigenvalue weighted by Crippen LogP contribution is 2.33. The molecule has 0 fully saturated rings. The SMILES string of the molecule is COC(=O)c1sc(NC(=O)/C=C/c2ccc(OC)c(OC)c2)c(C#N)c1C. The molecule has 1 amide bonds. The number of hydrogen-bond donors (Lipinski definition) is 1. The van der Waals surface area contributed by atoms with Crippen LogP contribution in [0.5, 0.6) is 11.5 Å². The largest absolute Gasteiger partial charge is 0.493 e. The maximum absolute atomic E-state index is 12.2. The van der Waals surface area contributed by atoms with Gasteiger partial charge < -0.3 is 19.5 Å². The van der Waals surface area contributed by atoms with Crippen LogP contribution in [0, 0.1) is 18.3 Å². The van der Waals surface area contributed by atoms with E-state index in [4.69, 9.17) is 14.2 Å². The van der Waals surface area contributed by atoms with E-state index >= 15 is 0 Å². The maximum Gasteiger partial charge on any atom is 0.348 e. The van der Waals surface area contributed by atoms with E-state index in [2.05, 4.69) is 5.32 Å². The number of nitriles is 1. The highest BCUT2D eigenvalue weighted by molar-refractivity contribution is 7.18. The molecule has 0 radical (unpaired) electrons. The summed E-state index contributed by atoms with van der Waals surface area (Å²) in [7, 11) is 4.33. The number of nitrogens with zero attached hydrogens (tertiary/aromatic N) is 1. The van der Waals surface area contributed by atoms with Crippen LogP contribution in [0.4, 0.5) is 5.00 Å². The molecule has 2 aromatic rings. The molecular weight excluding hydrogens is 368 g/mol. The van der Waals surface area contributed by atoms with E-state index in [1.54, 1.807) is 38.3 Å². The van der Waals surface area contributed by atoms with Gasteiger partial charge in [-0.05, 0) is 36.3 Å². The van der Waals surface area contributed by atoms with Crippen LogP contribution in [0.1, 0.15) is 26.4 Å². The highest BCUT2D eigenvalue weighted by atomic mass is 32.1. The normalized spacial score (nSPS) is 10.3. The number of carbonyl (C=O) groups is 2. The van der Waals surface area contributed by atoms with Gasteiger partial charge in [-0.15, -0.1) is 11.3 Å². The Morgan fingerprint density at radius 1 is 1.19 bits per heavy atom. The van der Waals surface area contributed by atoms with Crippen molar-refractivity contribution in [2.24, 2.45) is 0 Å². The summed E-state index contributed by atoms with van der Waals surface area (Å²) in [4.78, 5) is 24.3. The minimum absolute atomic E-state index is 0.244. The minimum atomic E-state index is -0.546. The third-order valence-electron chi connectivity index (χ3n) is 3.70. The topological polar surface area (TPSA) is 97.7 Å². The molecule has 0 aliphatic rings. The molecule has 1 heterocycles. The Labute approximate surface area is 160 Å². The number of rotatable bonds is 6. The van der Waals surface area contributed by atoms with Crippen molar-refractivity contribution < 1.29 is 23.8 Å². The van der Waals surface area contributed by atoms with Gasteiger partial charge in [-0.3, -0.25) is 4.79 Å². The molecule has 1 N–H and O–H groups in total. The van der Waals surface area contributed by atoms with Crippen LogP contribution < -0.4 is 14.8 Å². The molecule has 1 aromatic heterocycles. The molecular formula is C19H18N2O5S. The molecule has 0 saturated heterocycles. The van der Waals surface area contributed by atoms with Crippen molar-refractivity contribution in [3.63, 3.8) is 0 Å². The molecule has 7 nitrogen and oxygen atoms in total. The Morgan fingerprint density at radius 2 is 1.89 bits per heavy atom. The van der Waals surface area contributed by atoms with Crippen molar-refractivity contribution in [1.29, 1.82) is 5.26 Å². The van der Waals surface area contributed by atoms with Gasteiger partial charge in [0.25, 0.3) is 0 Å². The molecule has 0 atom stereocenters. The fourth-order valence-electron chi connectivity index (χ4n) is 2.31. The van der Waals surface area contributed by atoms with Gasteiger partial charge in [-0.2, -0.15) is 5.26 Å². The lowest BCUT2D eigenvalue weighted by Crippen LogP contribution is -2.07. The lowest BCUT2D eigenvalue weighted by atomic mass is 10.1. The molecule has 0 unspecified atom stereocenters. The number of anilines is 1. The Bertz CT molecular complexity index is 940. The van der Waals surface area contributed by atoms with Crippen LogP contribution in [-0.2, 0) is 9.53 Å². The monoisotopic (exact) mass is 386 g/mol. The first-order chi connectivity index (χ1) is 12.9. The van der Waals surface area contributed by atoms with Crippen molar-refractivity contribution >= 4 is 34.3 Å². The summed E-state index contributed by atoms with van der Waals surface area (Å²) in [5.74, 6) is 0.153. The molecule has 140 valence electrons. The first kappa shape index (κ1) is 20.0. The summed E-state index contributed by atoms with van der Waals surface area (Å²) in [5, 5.41) is 12.2. The number of methoxy groups -OCH3 is 3. The third-order valence-corrected chi connectivity index (χ3v) is 4.89. The zero-order valence-electron chi connectivity index (χ0n) is 15.3. The number of benzene rings is 1. The number of amides is 1. The predicted octanol–water partition coefficient (Wildman–Crippen LogP) is 3.38. The van der Waals surface area contributed by atoms with E-state index in [1.807, 2.05) is 6.07 Å². The van der Waals surface area contributed by atoms with Gasteiger partial charge in [0.15, 0.2) is 11.5 Å². The van der Waals surface area contributed by atoms with E-state index in [0.717, 1.165) is 16.9 Å². The molecule has 0 bridgehead atoms. The third kappa shape index (κ3) is 4.46. The second kappa shape index (κ2) is 8.87. The van der Waals surface area contributed by atoms with Gasteiger partial charge in [-0.1, -0.05) is 6.07 Å². The molecule has 0 aliphatic heterocycles. The highest BCUT2D eigenvalue weighted by Gasteiger charge is 2.21. The number of carbonyl (C=O) groups excluding carboxylic acids is 2. The number of hydrogen-bond acceptors (Lipinski definition) is 7. The second-order valence-electron chi connectivity index (χ2n) is 5.30. The summed E-state index contributed by atoms with van der Waals surface area (Å²) in [5.41, 5.74) is 1.46. The Morgan fingerprint density at radius 3 is 2.48 bits per heavy atom. The standard InChI is InChI=1S/C19H18N2O5S/c1-11-13(10-20)18(27-17(11)19(23)26-4)21-16(22)8-6-12-5-7-14(24-2)15(9-12)25-3/h5-9H,1-4H3,(H,21,22)/b8-6+. The van der Waals surface area contributed by atoms with E-state index in [0.29, 0.717) is 22.1 Å². The fraction of sp³-hybridized carbons (Fsp3) is 0.211. The van der Waals surface area contributed by atoms with Crippen molar-refractivity contribution in [3.8, 4) is 17.6 Å². The summed E-state index contributed by atoms with van der Waals surface area (Å²) in [6.45, 7) is 1.64. The predicted molar refractivity (Wildman–Crippen MR) is 102 cm³/mol. The smallest absolute Gasteiger partial charge is 0.348 e. The molecule has 1 aromatic carbocycles. The van der Waals surface area contributed by atoms with E-state index in [1.165, 1.54) is 20.3 Å². The summed E-state index contributed by atoms with van der Waals surface area (Å²) < 4.78 is 15.1. The molecule has 27 heavy (non-hydrogen) atoms. The van der Waals surface area contributed by atoms with Crippen LogP contribution in [0.15, 0.2) is 24.3 Å². The van der Waals surface area contributed by atoms with E-state index in [9.17, 15) is 14.9 Å². The number of ether oxygens (including phenoxy) is 3. The molecule has 2 rings (SSSR count). The van der Waals surface area contributed by atoms with Gasteiger partial charge in [0.1, 0.15) is 15.9 Å². The molecule has 0 aliphatic carbocycles. The summed E-state index contributed by atoms with van der Waals surface area (Å²) in [6.07, 6.45) is 2.93. The number of nitrogens with one attached hydrogen (secondary N) is 1. The minimum Gasteiger partial charge on any atom is -0.493 e. The zero-order valence-corrected chi connectivity index (χ0v) is 16.1. The average molecular weight is 386 g/mol. The van der Waals surface area contributed by atoms with Crippen LogP contribution in [0.2, 0.25) is 0 Å². The maximum atomic E-state index is 12.2. The van der Waals surface area contributed by atoms with Crippen molar-refractivity contribution in [3.05, 3.63) is 45.8 Å². The quantitative estimate of drug-likeness (QED) is 0.604.